The molecular formula is C14H18N4. The van der Waals surface area contributed by atoms with Crippen molar-refractivity contribution >= 4 is 5.82 Å². The largest absolute Gasteiger partial charge is 0.371 e. The number of nitrogens with one attached hydrogen (secondary N) is 2. The van der Waals surface area contributed by atoms with Crippen molar-refractivity contribution in [1.82, 2.24) is 15.1 Å². The first-order valence-electron chi connectivity index (χ1n) is 6.37. The summed E-state index contributed by atoms with van der Waals surface area (Å²) in [6, 6.07) is 10.6. The van der Waals surface area contributed by atoms with Crippen LogP contribution in [0.2, 0.25) is 0 Å². The van der Waals surface area contributed by atoms with Crippen molar-refractivity contribution in [3.63, 3.8) is 0 Å². The Morgan fingerprint density at radius 1 is 1.33 bits per heavy atom. The monoisotopic (exact) mass is 242 g/mol. The van der Waals surface area contributed by atoms with E-state index in [4.69, 9.17) is 0 Å². The number of aromatic nitrogens is 2. The normalized spacial score (nSPS) is 15.4. The van der Waals surface area contributed by atoms with E-state index in [1.165, 1.54) is 16.8 Å². The fourth-order valence-corrected chi connectivity index (χ4v) is 2.56. The lowest BCUT2D eigenvalue weighted by molar-refractivity contribution is 0.242. The molecule has 0 amide bonds. The minimum absolute atomic E-state index is 0.957. The zero-order chi connectivity index (χ0) is 12.4. The van der Waals surface area contributed by atoms with Crippen molar-refractivity contribution in [2.45, 2.75) is 19.5 Å². The fourth-order valence-electron chi connectivity index (χ4n) is 2.56. The molecule has 2 N–H and O–H groups in total. The maximum atomic E-state index is 4.30. The average molecular weight is 242 g/mol. The van der Waals surface area contributed by atoms with Gasteiger partial charge in [0.25, 0.3) is 0 Å². The third-order valence-electron chi connectivity index (χ3n) is 3.50. The second-order valence-electron chi connectivity index (χ2n) is 4.73. The number of H-pyrrole nitrogens is 1. The zero-order valence-electron chi connectivity index (χ0n) is 10.6. The minimum Gasteiger partial charge on any atom is -0.371 e. The summed E-state index contributed by atoms with van der Waals surface area (Å²) in [5.41, 5.74) is 3.97. The molecule has 2 aromatic rings. The van der Waals surface area contributed by atoms with Crippen molar-refractivity contribution in [2.24, 2.45) is 0 Å². The molecule has 0 saturated carbocycles. The molecule has 0 aliphatic carbocycles. The summed E-state index contributed by atoms with van der Waals surface area (Å²) in [5, 5.41) is 10.6. The van der Waals surface area contributed by atoms with E-state index in [2.05, 4.69) is 50.7 Å². The highest BCUT2D eigenvalue weighted by molar-refractivity contribution is 5.47. The molecule has 4 nitrogen and oxygen atoms in total. The van der Waals surface area contributed by atoms with Crippen LogP contribution in [0.3, 0.4) is 0 Å². The highest BCUT2D eigenvalue weighted by atomic mass is 15.2. The third kappa shape index (κ3) is 2.11. The van der Waals surface area contributed by atoms with E-state index in [0.29, 0.717) is 0 Å². The van der Waals surface area contributed by atoms with Crippen LogP contribution in [0.25, 0.3) is 0 Å². The Balaban J connectivity index is 1.72. The van der Waals surface area contributed by atoms with E-state index in [-0.39, 0.29) is 0 Å². The lowest BCUT2D eigenvalue weighted by atomic mass is 10.1. The highest BCUT2D eigenvalue weighted by Gasteiger charge is 2.21. The molecule has 0 atom stereocenters. The summed E-state index contributed by atoms with van der Waals surface area (Å²) in [5.74, 6) is 1.00. The maximum absolute atomic E-state index is 4.30. The Hall–Kier alpha value is -1.81. The van der Waals surface area contributed by atoms with Crippen molar-refractivity contribution < 1.29 is 0 Å². The molecule has 0 unspecified atom stereocenters. The molecule has 0 bridgehead atoms. The molecule has 0 radical (unpaired) electrons. The van der Waals surface area contributed by atoms with Gasteiger partial charge < -0.3 is 5.32 Å². The van der Waals surface area contributed by atoms with Gasteiger partial charge in [0.2, 0.25) is 0 Å². The Bertz CT molecular complexity index is 518. The van der Waals surface area contributed by atoms with Crippen LogP contribution >= 0.6 is 0 Å². The predicted octanol–water partition coefficient (Wildman–Crippen LogP) is 2.01. The Morgan fingerprint density at radius 2 is 2.17 bits per heavy atom. The van der Waals surface area contributed by atoms with E-state index in [9.17, 15) is 0 Å². The van der Waals surface area contributed by atoms with Gasteiger partial charge in [-0.05, 0) is 12.0 Å². The minimum atomic E-state index is 0.957. The number of nitrogens with zero attached hydrogens (tertiary/aromatic N) is 2. The van der Waals surface area contributed by atoms with Gasteiger partial charge in [-0.2, -0.15) is 5.10 Å². The molecule has 18 heavy (non-hydrogen) atoms. The summed E-state index contributed by atoms with van der Waals surface area (Å²) in [4.78, 5) is 2.45. The van der Waals surface area contributed by atoms with Crippen molar-refractivity contribution in [2.75, 3.05) is 18.9 Å². The predicted molar refractivity (Wildman–Crippen MR) is 72.4 cm³/mol. The smallest absolute Gasteiger partial charge is 0.151 e. The Kier molecular flexibility index (Phi) is 3.02. The van der Waals surface area contributed by atoms with Crippen LogP contribution in [0.1, 0.15) is 16.8 Å². The van der Waals surface area contributed by atoms with Gasteiger partial charge in [0.1, 0.15) is 0 Å². The SMILES string of the molecule is CNc1n[nH]c2c1CCN(Cc1ccccc1)C2. The van der Waals surface area contributed by atoms with Crippen LogP contribution in [0, 0.1) is 0 Å². The first-order chi connectivity index (χ1) is 8.86. The molecular weight excluding hydrogens is 224 g/mol. The van der Waals surface area contributed by atoms with Gasteiger partial charge in [-0.1, -0.05) is 30.3 Å². The number of fused-ring (bicyclic) bond motifs is 1. The topological polar surface area (TPSA) is 44.0 Å². The van der Waals surface area contributed by atoms with Gasteiger partial charge >= 0.3 is 0 Å². The molecule has 1 aromatic carbocycles. The number of anilines is 1. The van der Waals surface area contributed by atoms with E-state index in [1.807, 2.05) is 7.05 Å². The summed E-state index contributed by atoms with van der Waals surface area (Å²) >= 11 is 0. The molecule has 94 valence electrons. The van der Waals surface area contributed by atoms with E-state index >= 15 is 0 Å². The second-order valence-corrected chi connectivity index (χ2v) is 4.73. The first kappa shape index (κ1) is 11.3. The lowest BCUT2D eigenvalue weighted by Crippen LogP contribution is -2.30. The van der Waals surface area contributed by atoms with Crippen LogP contribution in [0.4, 0.5) is 5.82 Å². The fraction of sp³-hybridized carbons (Fsp3) is 0.357. The zero-order valence-corrected chi connectivity index (χ0v) is 10.6. The lowest BCUT2D eigenvalue weighted by Gasteiger charge is -2.26. The summed E-state index contributed by atoms with van der Waals surface area (Å²) in [6.45, 7) is 3.06. The molecule has 1 aliphatic heterocycles. The maximum Gasteiger partial charge on any atom is 0.151 e. The molecule has 0 fully saturated rings. The standard InChI is InChI=1S/C14H18N4/c1-15-14-12-7-8-18(10-13(12)16-17-14)9-11-5-3-2-4-6-11/h2-6H,7-10H2,1H3,(H2,15,16,17). The molecule has 1 aromatic heterocycles. The van der Waals surface area contributed by atoms with Gasteiger partial charge in [0.05, 0.1) is 5.69 Å². The molecule has 4 heteroatoms. The van der Waals surface area contributed by atoms with Crippen LogP contribution in [0.15, 0.2) is 30.3 Å². The number of benzene rings is 1. The third-order valence-corrected chi connectivity index (χ3v) is 3.50. The molecule has 2 heterocycles. The van der Waals surface area contributed by atoms with Crippen LogP contribution in [0.5, 0.6) is 0 Å². The quantitative estimate of drug-likeness (QED) is 0.865. The number of aromatic amines is 1. The first-order valence-corrected chi connectivity index (χ1v) is 6.37. The highest BCUT2D eigenvalue weighted by Crippen LogP contribution is 2.24. The van der Waals surface area contributed by atoms with Crippen LogP contribution in [-0.4, -0.2) is 28.7 Å². The van der Waals surface area contributed by atoms with Crippen molar-refractivity contribution in [3.8, 4) is 0 Å². The number of rotatable bonds is 3. The van der Waals surface area contributed by atoms with Gasteiger partial charge in [-0.25, -0.2) is 0 Å². The summed E-state index contributed by atoms with van der Waals surface area (Å²) in [7, 11) is 1.92. The number of hydrogen-bond acceptors (Lipinski definition) is 3. The summed E-state index contributed by atoms with van der Waals surface area (Å²) in [6.07, 6.45) is 1.06. The number of hydrogen-bond donors (Lipinski definition) is 2. The van der Waals surface area contributed by atoms with Gasteiger partial charge in [0.15, 0.2) is 5.82 Å². The Morgan fingerprint density at radius 3 is 2.94 bits per heavy atom. The van der Waals surface area contributed by atoms with Crippen LogP contribution in [-0.2, 0) is 19.5 Å². The molecule has 0 saturated heterocycles. The van der Waals surface area contributed by atoms with Crippen LogP contribution < -0.4 is 5.32 Å². The van der Waals surface area contributed by atoms with E-state index in [1.54, 1.807) is 0 Å². The van der Waals surface area contributed by atoms with E-state index < -0.39 is 0 Å². The van der Waals surface area contributed by atoms with Crippen molar-refractivity contribution in [3.05, 3.63) is 47.2 Å². The summed E-state index contributed by atoms with van der Waals surface area (Å²) < 4.78 is 0. The van der Waals surface area contributed by atoms with Gasteiger partial charge in [0, 0.05) is 32.2 Å². The van der Waals surface area contributed by atoms with Crippen molar-refractivity contribution in [1.29, 1.82) is 0 Å². The molecule has 0 spiro atoms. The van der Waals surface area contributed by atoms with Gasteiger partial charge in [-0.3, -0.25) is 10.00 Å². The van der Waals surface area contributed by atoms with Gasteiger partial charge in [-0.15, -0.1) is 0 Å². The van der Waals surface area contributed by atoms with E-state index in [0.717, 1.165) is 31.9 Å². The average Bonchev–Trinajstić information content (AvgIpc) is 2.82. The Labute approximate surface area is 107 Å². The molecule has 1 aliphatic rings. The molecule has 3 rings (SSSR count). The second kappa shape index (κ2) is 4.82.